The van der Waals surface area contributed by atoms with Crippen LogP contribution in [0, 0.1) is 0 Å². The zero-order chi connectivity index (χ0) is 26.0. The maximum absolute atomic E-state index is 13.3. The van der Waals surface area contributed by atoms with Crippen LogP contribution in [0.4, 0.5) is 0 Å². The van der Waals surface area contributed by atoms with Crippen molar-refractivity contribution in [1.29, 1.82) is 0 Å². The summed E-state index contributed by atoms with van der Waals surface area (Å²) in [6.45, 7) is 10.6. The minimum Gasteiger partial charge on any atom is -0.496 e. The molecule has 3 atom stereocenters. The molecular weight excluding hydrogens is 469 g/mol. The van der Waals surface area contributed by atoms with Crippen molar-refractivity contribution in [3.8, 4) is 11.5 Å². The summed E-state index contributed by atoms with van der Waals surface area (Å²) in [4.78, 5) is 25.7. The number of ether oxygens (including phenoxy) is 4. The highest BCUT2D eigenvalue weighted by Crippen LogP contribution is 2.41. The number of nitrogens with two attached hydrogens (primary N) is 1. The van der Waals surface area contributed by atoms with Crippen molar-refractivity contribution < 1.29 is 33.1 Å². The quantitative estimate of drug-likeness (QED) is 0.357. The van der Waals surface area contributed by atoms with Gasteiger partial charge < -0.3 is 29.2 Å². The van der Waals surface area contributed by atoms with Crippen LogP contribution in [0.2, 0.25) is 0 Å². The molecule has 2 N–H and O–H groups in total. The fourth-order valence-corrected chi connectivity index (χ4v) is 5.35. The van der Waals surface area contributed by atoms with Crippen LogP contribution in [0.25, 0.3) is 0 Å². The summed E-state index contributed by atoms with van der Waals surface area (Å²) in [5.41, 5.74) is 7.79. The summed E-state index contributed by atoms with van der Waals surface area (Å²) >= 11 is 0. The van der Waals surface area contributed by atoms with Gasteiger partial charge in [0.2, 0.25) is 0 Å². The van der Waals surface area contributed by atoms with Crippen molar-refractivity contribution >= 4 is 19.5 Å². The standard InChI is InChI=1S/C26H38NO7P/c1-7-31-22-12-13-35(33-9-3)24(22)16-20(28)25(27)19-14-18(10-11-21(19)30-6)15-23(34-17(4)5)26(29)32-8-2/h10-14,17,23,25H,7-9,15-16,27H2,1-6H3. The van der Waals surface area contributed by atoms with E-state index >= 15 is 0 Å². The molecule has 0 saturated heterocycles. The van der Waals surface area contributed by atoms with Crippen LogP contribution in [0.1, 0.15) is 57.1 Å². The molecule has 8 nitrogen and oxygen atoms in total. The summed E-state index contributed by atoms with van der Waals surface area (Å²) in [5.74, 6) is 2.53. The molecule has 2 aromatic rings. The van der Waals surface area contributed by atoms with Crippen LogP contribution in [-0.4, -0.2) is 50.9 Å². The van der Waals surface area contributed by atoms with Crippen molar-refractivity contribution in [3.05, 3.63) is 46.5 Å². The molecule has 1 aromatic heterocycles. The van der Waals surface area contributed by atoms with Crippen molar-refractivity contribution in [2.75, 3.05) is 26.9 Å². The van der Waals surface area contributed by atoms with Gasteiger partial charge in [0.25, 0.3) is 0 Å². The summed E-state index contributed by atoms with van der Waals surface area (Å²) in [5, 5.41) is 0.826. The molecule has 0 bridgehead atoms. The first-order valence-electron chi connectivity index (χ1n) is 12.0. The van der Waals surface area contributed by atoms with Gasteiger partial charge >= 0.3 is 5.97 Å². The van der Waals surface area contributed by atoms with E-state index in [0.717, 1.165) is 10.9 Å². The van der Waals surface area contributed by atoms with Gasteiger partial charge in [0.1, 0.15) is 11.5 Å². The molecule has 35 heavy (non-hydrogen) atoms. The van der Waals surface area contributed by atoms with Gasteiger partial charge in [-0.2, -0.15) is 0 Å². The molecule has 0 radical (unpaired) electrons. The highest BCUT2D eigenvalue weighted by molar-refractivity contribution is 7.45. The van der Waals surface area contributed by atoms with E-state index in [0.29, 0.717) is 30.3 Å². The van der Waals surface area contributed by atoms with E-state index in [-0.39, 0.29) is 31.3 Å². The van der Waals surface area contributed by atoms with E-state index in [1.165, 1.54) is 7.11 Å². The minimum absolute atomic E-state index is 0.116. The van der Waals surface area contributed by atoms with Gasteiger partial charge in [-0.1, -0.05) is 6.07 Å². The number of carbonyl (C=O) groups is 2. The van der Waals surface area contributed by atoms with Gasteiger partial charge in [-0.3, -0.25) is 4.79 Å². The number of hydrogen-bond donors (Lipinski definition) is 1. The zero-order valence-electron chi connectivity index (χ0n) is 21.5. The Bertz CT molecular complexity index is 949. The van der Waals surface area contributed by atoms with Crippen molar-refractivity contribution in [2.45, 2.75) is 65.7 Å². The fraction of sp³-hybridized carbons (Fsp3) is 0.538. The first-order valence-corrected chi connectivity index (χ1v) is 13.3. The third kappa shape index (κ3) is 8.07. The van der Waals surface area contributed by atoms with Crippen LogP contribution < -0.4 is 19.7 Å². The number of ketones is 1. The maximum Gasteiger partial charge on any atom is 0.335 e. The Morgan fingerprint density at radius 3 is 2.37 bits per heavy atom. The monoisotopic (exact) mass is 507 g/mol. The molecule has 0 aliphatic carbocycles. The molecule has 0 aliphatic heterocycles. The van der Waals surface area contributed by atoms with E-state index in [2.05, 4.69) is 0 Å². The average molecular weight is 508 g/mol. The predicted molar refractivity (Wildman–Crippen MR) is 136 cm³/mol. The third-order valence-corrected chi connectivity index (χ3v) is 7.07. The smallest absolute Gasteiger partial charge is 0.335 e. The van der Waals surface area contributed by atoms with Crippen LogP contribution in [0.3, 0.4) is 0 Å². The Morgan fingerprint density at radius 1 is 1.03 bits per heavy atom. The van der Waals surface area contributed by atoms with E-state index in [4.69, 9.17) is 29.2 Å². The number of esters is 1. The summed E-state index contributed by atoms with van der Waals surface area (Å²) < 4.78 is 28.0. The lowest BCUT2D eigenvalue weighted by Crippen LogP contribution is -2.31. The Labute approximate surface area is 209 Å². The Kier molecular flexibility index (Phi) is 11.7. The molecule has 194 valence electrons. The maximum atomic E-state index is 13.3. The van der Waals surface area contributed by atoms with Gasteiger partial charge in [0, 0.05) is 31.5 Å². The average Bonchev–Trinajstić information content (AvgIpc) is 3.19. The van der Waals surface area contributed by atoms with Crippen LogP contribution in [0.15, 0.2) is 30.1 Å². The Morgan fingerprint density at radius 2 is 1.77 bits per heavy atom. The number of methoxy groups -OCH3 is 1. The number of hydrogen-bond acceptors (Lipinski definition) is 8. The molecular formula is C26H38NO7P. The zero-order valence-corrected chi connectivity index (χ0v) is 22.4. The molecule has 3 unspecified atom stereocenters. The Hall–Kier alpha value is -2.38. The lowest BCUT2D eigenvalue weighted by molar-refractivity contribution is -0.159. The van der Waals surface area contributed by atoms with E-state index in [1.54, 1.807) is 19.1 Å². The van der Waals surface area contributed by atoms with Crippen LogP contribution in [0.5, 0.6) is 11.5 Å². The van der Waals surface area contributed by atoms with E-state index < -0.39 is 25.9 Å². The molecule has 0 saturated carbocycles. The predicted octanol–water partition coefficient (Wildman–Crippen LogP) is 4.24. The van der Waals surface area contributed by atoms with Gasteiger partial charge in [-0.15, -0.1) is 0 Å². The summed E-state index contributed by atoms with van der Waals surface area (Å²) in [6, 6.07) is 6.33. The van der Waals surface area contributed by atoms with Crippen molar-refractivity contribution in [2.24, 2.45) is 5.73 Å². The molecule has 1 aromatic carbocycles. The summed E-state index contributed by atoms with van der Waals surface area (Å²) in [7, 11) is 0.496. The lowest BCUT2D eigenvalue weighted by Gasteiger charge is -2.21. The molecule has 0 fully saturated rings. The number of carbonyl (C=O) groups excluding carboxylic acids is 2. The van der Waals surface area contributed by atoms with E-state index in [1.807, 2.05) is 45.6 Å². The van der Waals surface area contributed by atoms with Crippen molar-refractivity contribution in [1.82, 2.24) is 0 Å². The minimum atomic E-state index is -1.04. The van der Waals surface area contributed by atoms with Gasteiger partial charge in [-0.25, -0.2) is 4.79 Å². The first kappa shape index (κ1) is 28.9. The number of Topliss-reactive ketones (excluding diaryl/α,β-unsaturated/α-hetero) is 1. The van der Waals surface area contributed by atoms with Crippen LogP contribution >= 0.6 is 7.76 Å². The SMILES string of the molecule is CCOC(=O)C(Cc1ccc(OC)c(C(N)C(=O)Cc2c(OCC)ccp2OCC)c1)OC(C)C. The second kappa shape index (κ2) is 14.2. The van der Waals surface area contributed by atoms with Gasteiger partial charge in [-0.05, 0) is 64.2 Å². The highest BCUT2D eigenvalue weighted by atomic mass is 31.1. The molecule has 0 amide bonds. The lowest BCUT2D eigenvalue weighted by atomic mass is 9.96. The second-order valence-electron chi connectivity index (χ2n) is 8.13. The Balaban J connectivity index is 2.31. The third-order valence-electron chi connectivity index (χ3n) is 5.20. The van der Waals surface area contributed by atoms with Gasteiger partial charge in [0.05, 0.1) is 39.1 Å². The number of rotatable bonds is 15. The molecule has 1 heterocycles. The number of benzene rings is 1. The fourth-order valence-electron chi connectivity index (χ4n) is 3.71. The largest absolute Gasteiger partial charge is 0.496 e. The molecule has 0 aliphatic rings. The topological polar surface area (TPSA) is 106 Å². The van der Waals surface area contributed by atoms with Gasteiger partial charge in [0.15, 0.2) is 11.9 Å². The first-order chi connectivity index (χ1) is 16.7. The molecule has 2 rings (SSSR count). The normalized spacial score (nSPS) is 13.4. The van der Waals surface area contributed by atoms with Crippen LogP contribution in [-0.2, 0) is 31.9 Å². The highest BCUT2D eigenvalue weighted by Gasteiger charge is 2.26. The second-order valence-corrected chi connectivity index (χ2v) is 9.88. The molecule has 0 spiro atoms. The summed E-state index contributed by atoms with van der Waals surface area (Å²) in [6.07, 6.45) is -0.515. The molecule has 9 heteroatoms. The van der Waals surface area contributed by atoms with E-state index in [9.17, 15) is 9.59 Å². The van der Waals surface area contributed by atoms with Crippen molar-refractivity contribution in [3.63, 3.8) is 0 Å².